The second kappa shape index (κ2) is 6.03. The minimum Gasteiger partial charge on any atom is -0.478 e. The summed E-state index contributed by atoms with van der Waals surface area (Å²) in [5.74, 6) is -1.12. The van der Waals surface area contributed by atoms with Crippen molar-refractivity contribution in [2.24, 2.45) is 7.05 Å². The number of aromatic carboxylic acids is 1. The zero-order valence-electron chi connectivity index (χ0n) is 14.3. The van der Waals surface area contributed by atoms with Gasteiger partial charge in [-0.05, 0) is 42.3 Å². The summed E-state index contributed by atoms with van der Waals surface area (Å²) in [4.78, 5) is 26.1. The van der Waals surface area contributed by atoms with Crippen LogP contribution in [0.2, 0.25) is 0 Å². The van der Waals surface area contributed by atoms with Gasteiger partial charge < -0.3 is 10.1 Å². The lowest BCUT2D eigenvalue weighted by atomic mass is 9.96. The maximum atomic E-state index is 12.0. The minimum atomic E-state index is -3.46. The smallest absolute Gasteiger partial charge is 0.335 e. The topological polar surface area (TPSA) is 121 Å². The van der Waals surface area contributed by atoms with Gasteiger partial charge in [-0.15, -0.1) is 0 Å². The van der Waals surface area contributed by atoms with Crippen molar-refractivity contribution in [1.29, 1.82) is 0 Å². The number of sulfonamides is 1. The normalized spacial score (nSPS) is 11.7. The molecule has 0 aliphatic rings. The molecule has 0 aliphatic heterocycles. The molecule has 0 saturated heterocycles. The van der Waals surface area contributed by atoms with Crippen LogP contribution in [0, 0.1) is 6.92 Å². The number of carbonyl (C=O) groups is 1. The van der Waals surface area contributed by atoms with Gasteiger partial charge in [0.15, 0.2) is 0 Å². The molecule has 2 aromatic carbocycles. The number of imidazole rings is 1. The quantitative estimate of drug-likeness (QED) is 0.643. The molecule has 1 aromatic heterocycles. The highest BCUT2D eigenvalue weighted by molar-refractivity contribution is 7.92. The Morgan fingerprint density at radius 2 is 1.88 bits per heavy atom. The van der Waals surface area contributed by atoms with Gasteiger partial charge in [-0.25, -0.2) is 18.0 Å². The van der Waals surface area contributed by atoms with Crippen LogP contribution >= 0.6 is 0 Å². The summed E-state index contributed by atoms with van der Waals surface area (Å²) in [7, 11) is -1.88. The van der Waals surface area contributed by atoms with E-state index in [4.69, 9.17) is 0 Å². The molecule has 3 N–H and O–H groups in total. The molecule has 8 nitrogen and oxygen atoms in total. The highest BCUT2D eigenvalue weighted by Gasteiger charge is 2.17. The van der Waals surface area contributed by atoms with Gasteiger partial charge in [-0.3, -0.25) is 9.29 Å². The average Bonchev–Trinajstić information content (AvgIpc) is 2.82. The first-order valence-corrected chi connectivity index (χ1v) is 9.51. The minimum absolute atomic E-state index is 0.0234. The van der Waals surface area contributed by atoms with E-state index >= 15 is 0 Å². The number of aromatic nitrogens is 2. The second-order valence-electron chi connectivity index (χ2n) is 6.12. The van der Waals surface area contributed by atoms with Gasteiger partial charge >= 0.3 is 11.7 Å². The van der Waals surface area contributed by atoms with Crippen LogP contribution in [0.15, 0.2) is 35.1 Å². The van der Waals surface area contributed by atoms with E-state index in [1.54, 1.807) is 25.2 Å². The maximum Gasteiger partial charge on any atom is 0.335 e. The number of nitrogens with one attached hydrogen (secondary N) is 2. The van der Waals surface area contributed by atoms with E-state index in [1.807, 2.05) is 6.92 Å². The number of hydrogen-bond donors (Lipinski definition) is 3. The molecule has 0 bridgehead atoms. The molecule has 136 valence electrons. The highest BCUT2D eigenvalue weighted by Crippen LogP contribution is 2.33. The lowest BCUT2D eigenvalue weighted by molar-refractivity contribution is 0.0697. The number of H-pyrrole nitrogens is 1. The predicted octanol–water partition coefficient (Wildman–Crippen LogP) is 1.91. The third-order valence-corrected chi connectivity index (χ3v) is 4.68. The van der Waals surface area contributed by atoms with E-state index in [0.717, 1.165) is 11.8 Å². The number of fused-ring (bicyclic) bond motifs is 1. The number of hydrogen-bond acceptors (Lipinski definition) is 4. The van der Waals surface area contributed by atoms with Crippen LogP contribution in [0.4, 0.5) is 5.69 Å². The monoisotopic (exact) mass is 375 g/mol. The van der Waals surface area contributed by atoms with E-state index in [0.29, 0.717) is 27.8 Å². The van der Waals surface area contributed by atoms with Crippen LogP contribution in [-0.2, 0) is 17.1 Å². The third-order valence-electron chi connectivity index (χ3n) is 4.07. The van der Waals surface area contributed by atoms with Crippen molar-refractivity contribution in [2.45, 2.75) is 6.92 Å². The maximum absolute atomic E-state index is 12.0. The van der Waals surface area contributed by atoms with Crippen molar-refractivity contribution in [3.63, 3.8) is 0 Å². The Bertz CT molecular complexity index is 1210. The first-order valence-electron chi connectivity index (χ1n) is 7.61. The molecule has 0 unspecified atom stereocenters. The largest absolute Gasteiger partial charge is 0.478 e. The predicted molar refractivity (Wildman–Crippen MR) is 99.1 cm³/mol. The van der Waals surface area contributed by atoms with Gasteiger partial charge in [-0.2, -0.15) is 0 Å². The van der Waals surface area contributed by atoms with Gasteiger partial charge in [0.25, 0.3) is 0 Å². The number of rotatable bonds is 4. The van der Waals surface area contributed by atoms with Crippen molar-refractivity contribution >= 4 is 32.7 Å². The molecule has 0 fully saturated rings. The second-order valence-corrected chi connectivity index (χ2v) is 7.87. The molecule has 3 rings (SSSR count). The molecule has 0 amide bonds. The Morgan fingerprint density at radius 3 is 2.50 bits per heavy atom. The van der Waals surface area contributed by atoms with Crippen molar-refractivity contribution < 1.29 is 18.3 Å². The van der Waals surface area contributed by atoms with E-state index in [9.17, 15) is 23.1 Å². The summed E-state index contributed by atoms with van der Waals surface area (Å²) in [6, 6.07) is 7.84. The summed E-state index contributed by atoms with van der Waals surface area (Å²) < 4.78 is 26.8. The first-order chi connectivity index (χ1) is 12.1. The number of benzene rings is 2. The van der Waals surface area contributed by atoms with Gasteiger partial charge in [0.2, 0.25) is 10.0 Å². The zero-order chi connectivity index (χ0) is 19.2. The van der Waals surface area contributed by atoms with Crippen LogP contribution in [0.5, 0.6) is 0 Å². The standard InChI is InChI=1S/C17H17N3O5S/c1-9-4-5-11(19-26(3,24)25)8-12(9)13-6-10(16(21)22)7-14-15(13)20(2)17(23)18-14/h4-8,19H,1-3H3,(H,18,23)(H,21,22). The molecule has 9 heteroatoms. The molecule has 26 heavy (non-hydrogen) atoms. The molecule has 0 atom stereocenters. The van der Waals surface area contributed by atoms with Gasteiger partial charge in [0, 0.05) is 18.3 Å². The molecular formula is C17H17N3O5S. The number of carboxylic acids is 1. The van der Waals surface area contributed by atoms with Gasteiger partial charge in [-0.1, -0.05) is 6.07 Å². The van der Waals surface area contributed by atoms with Crippen LogP contribution in [-0.4, -0.2) is 35.3 Å². The van der Waals surface area contributed by atoms with Crippen molar-refractivity contribution in [1.82, 2.24) is 9.55 Å². The summed E-state index contributed by atoms with van der Waals surface area (Å²) in [6.45, 7) is 1.82. The number of aryl methyl sites for hydroxylation is 2. The average molecular weight is 375 g/mol. The van der Waals surface area contributed by atoms with Crippen LogP contribution in [0.3, 0.4) is 0 Å². The van der Waals surface area contributed by atoms with Crippen LogP contribution in [0.25, 0.3) is 22.2 Å². The van der Waals surface area contributed by atoms with Gasteiger partial charge in [0.05, 0.1) is 22.9 Å². The lowest BCUT2D eigenvalue weighted by Gasteiger charge is -2.13. The Kier molecular flexibility index (Phi) is 4.11. The number of nitrogens with zero attached hydrogens (tertiary/aromatic N) is 1. The Hall–Kier alpha value is -3.07. The van der Waals surface area contributed by atoms with Gasteiger partial charge in [0.1, 0.15) is 0 Å². The van der Waals surface area contributed by atoms with Crippen molar-refractivity contribution in [2.75, 3.05) is 11.0 Å². The fourth-order valence-electron chi connectivity index (χ4n) is 2.91. The zero-order valence-corrected chi connectivity index (χ0v) is 15.1. The van der Waals surface area contributed by atoms with E-state index in [1.165, 1.54) is 16.7 Å². The number of anilines is 1. The summed E-state index contributed by atoms with van der Waals surface area (Å²) in [6.07, 6.45) is 1.05. The lowest BCUT2D eigenvalue weighted by Crippen LogP contribution is -2.12. The molecular weight excluding hydrogens is 358 g/mol. The van der Waals surface area contributed by atoms with Crippen LogP contribution in [0.1, 0.15) is 15.9 Å². The molecule has 0 saturated carbocycles. The summed E-state index contributed by atoms with van der Waals surface area (Å²) in [5, 5.41) is 9.38. The first kappa shape index (κ1) is 17.7. The molecule has 0 aliphatic carbocycles. The number of carboxylic acid groups (broad SMARTS) is 1. The summed E-state index contributed by atoms with van der Waals surface area (Å²) in [5.41, 5.74) is 2.90. The molecule has 0 radical (unpaired) electrons. The third kappa shape index (κ3) is 3.21. The molecule has 1 heterocycles. The van der Waals surface area contributed by atoms with E-state index in [2.05, 4.69) is 9.71 Å². The number of aromatic amines is 1. The Balaban J connectivity index is 2.35. The van der Waals surface area contributed by atoms with Crippen molar-refractivity contribution in [3.05, 3.63) is 51.9 Å². The Morgan fingerprint density at radius 1 is 1.19 bits per heavy atom. The van der Waals surface area contributed by atoms with E-state index in [-0.39, 0.29) is 11.3 Å². The Labute approximate surface area is 149 Å². The van der Waals surface area contributed by atoms with Crippen molar-refractivity contribution in [3.8, 4) is 11.1 Å². The molecule has 0 spiro atoms. The fourth-order valence-corrected chi connectivity index (χ4v) is 3.47. The van der Waals surface area contributed by atoms with Crippen LogP contribution < -0.4 is 10.4 Å². The fraction of sp³-hybridized carbons (Fsp3) is 0.176. The van der Waals surface area contributed by atoms with E-state index < -0.39 is 16.0 Å². The molecule has 3 aromatic rings. The SMILES string of the molecule is Cc1ccc(NS(C)(=O)=O)cc1-c1cc(C(=O)O)cc2[nH]c(=O)n(C)c12. The summed E-state index contributed by atoms with van der Waals surface area (Å²) >= 11 is 0. The highest BCUT2D eigenvalue weighted by atomic mass is 32.2.